The first-order valence-electron chi connectivity index (χ1n) is 8.87. The van der Waals surface area contributed by atoms with Crippen LogP contribution in [0.15, 0.2) is 57.7 Å². The van der Waals surface area contributed by atoms with Gasteiger partial charge in [0.15, 0.2) is 6.10 Å². The number of ether oxygens (including phenoxy) is 1. The molecule has 0 saturated carbocycles. The number of hydrogen-bond donors (Lipinski definition) is 2. The molecule has 0 radical (unpaired) electrons. The lowest BCUT2D eigenvalue weighted by Gasteiger charge is -2.16. The van der Waals surface area contributed by atoms with E-state index in [9.17, 15) is 9.59 Å². The molecule has 0 spiro atoms. The minimum absolute atomic E-state index is 0.00516. The fourth-order valence-electron chi connectivity index (χ4n) is 2.79. The topological polar surface area (TPSA) is 88.8 Å². The lowest BCUT2D eigenvalue weighted by atomic mass is 10.0. The Morgan fingerprint density at radius 2 is 2.00 bits per heavy atom. The number of benzene rings is 2. The van der Waals surface area contributed by atoms with Crippen LogP contribution in [0.4, 0.5) is 0 Å². The zero-order valence-corrected chi connectivity index (χ0v) is 16.0. The van der Waals surface area contributed by atoms with Gasteiger partial charge in [-0.3, -0.25) is 4.79 Å². The van der Waals surface area contributed by atoms with Crippen molar-refractivity contribution in [3.8, 4) is 16.9 Å². The van der Waals surface area contributed by atoms with Gasteiger partial charge in [-0.15, -0.1) is 0 Å². The van der Waals surface area contributed by atoms with Gasteiger partial charge in [0.05, 0.1) is 5.02 Å². The summed E-state index contributed by atoms with van der Waals surface area (Å²) in [6.45, 7) is 1.93. The second-order valence-electron chi connectivity index (χ2n) is 6.25. The number of hydrogen-bond acceptors (Lipinski definition) is 5. The minimum Gasteiger partial charge on any atom is -0.479 e. The third-order valence-corrected chi connectivity index (χ3v) is 4.48. The monoisotopic (exact) mass is 401 g/mol. The molecule has 0 saturated heterocycles. The molecule has 1 aromatic heterocycles. The molecular weight excluding hydrogens is 382 g/mol. The maximum Gasteiger partial charge on any atom is 0.336 e. The molecular formula is C21H20ClNO5. The Hall–Kier alpha value is -2.83. The van der Waals surface area contributed by atoms with Crippen LogP contribution in [0.5, 0.6) is 5.75 Å². The van der Waals surface area contributed by atoms with E-state index in [4.69, 9.17) is 25.9 Å². The van der Waals surface area contributed by atoms with Crippen LogP contribution < -0.4 is 15.7 Å². The fraction of sp³-hybridized carbons (Fsp3) is 0.238. The molecule has 1 heterocycles. The molecule has 0 aliphatic rings. The van der Waals surface area contributed by atoms with Crippen molar-refractivity contribution >= 4 is 28.5 Å². The molecule has 0 aliphatic carbocycles. The molecule has 6 nitrogen and oxygen atoms in total. The molecule has 0 aliphatic heterocycles. The van der Waals surface area contributed by atoms with Crippen molar-refractivity contribution in [3.05, 3.63) is 64.0 Å². The first-order valence-corrected chi connectivity index (χ1v) is 9.25. The van der Waals surface area contributed by atoms with Gasteiger partial charge in [-0.05, 0) is 30.5 Å². The zero-order chi connectivity index (χ0) is 20.1. The highest BCUT2D eigenvalue weighted by Gasteiger charge is 2.18. The summed E-state index contributed by atoms with van der Waals surface area (Å²) >= 11 is 6.37. The van der Waals surface area contributed by atoms with Crippen molar-refractivity contribution in [2.75, 3.05) is 13.2 Å². The summed E-state index contributed by atoms with van der Waals surface area (Å²) in [6, 6.07) is 14.0. The predicted molar refractivity (Wildman–Crippen MR) is 108 cm³/mol. The first-order chi connectivity index (χ1) is 13.5. The molecule has 0 fully saturated rings. The highest BCUT2D eigenvalue weighted by Crippen LogP contribution is 2.35. The van der Waals surface area contributed by atoms with Crippen molar-refractivity contribution in [3.63, 3.8) is 0 Å². The van der Waals surface area contributed by atoms with Crippen LogP contribution >= 0.6 is 11.6 Å². The minimum atomic E-state index is -0.808. The fourth-order valence-corrected chi connectivity index (χ4v) is 3.00. The molecule has 7 heteroatoms. The van der Waals surface area contributed by atoms with E-state index in [0.29, 0.717) is 34.5 Å². The van der Waals surface area contributed by atoms with Crippen molar-refractivity contribution in [2.45, 2.75) is 19.4 Å². The molecule has 1 amide bonds. The van der Waals surface area contributed by atoms with Gasteiger partial charge in [-0.2, -0.15) is 0 Å². The van der Waals surface area contributed by atoms with Gasteiger partial charge < -0.3 is 19.6 Å². The number of fused-ring (bicyclic) bond motifs is 1. The summed E-state index contributed by atoms with van der Waals surface area (Å²) in [6.07, 6.45) is -0.347. The SMILES string of the molecule is CC(Oc1cc2oc(=O)cc(-c3ccccc3)c2cc1Cl)C(=O)NCCCO. The van der Waals surface area contributed by atoms with Crippen molar-refractivity contribution in [1.82, 2.24) is 5.32 Å². The molecule has 0 bridgehead atoms. The summed E-state index contributed by atoms with van der Waals surface area (Å²) in [5.41, 5.74) is 1.39. The number of halogens is 1. The van der Waals surface area contributed by atoms with E-state index >= 15 is 0 Å². The van der Waals surface area contributed by atoms with E-state index in [0.717, 1.165) is 5.56 Å². The standard InChI is InChI=1S/C21H20ClNO5/c1-13(21(26)23-8-5-9-24)27-19-12-18-16(10-17(19)22)15(11-20(25)28-18)14-6-3-2-4-7-14/h2-4,6-7,10-13,24H,5,8-9H2,1H3,(H,23,26). The van der Waals surface area contributed by atoms with E-state index in [1.54, 1.807) is 13.0 Å². The molecule has 2 aromatic carbocycles. The van der Waals surface area contributed by atoms with Crippen LogP contribution in [0.2, 0.25) is 5.02 Å². The second kappa shape index (κ2) is 8.91. The summed E-state index contributed by atoms with van der Waals surface area (Å²) < 4.78 is 11.0. The highest BCUT2D eigenvalue weighted by atomic mass is 35.5. The number of amides is 1. The molecule has 28 heavy (non-hydrogen) atoms. The zero-order valence-electron chi connectivity index (χ0n) is 15.3. The number of carbonyl (C=O) groups excluding carboxylic acids is 1. The van der Waals surface area contributed by atoms with Gasteiger partial charge in [-0.25, -0.2) is 4.79 Å². The first kappa shape index (κ1) is 19.9. The predicted octanol–water partition coefficient (Wildman–Crippen LogP) is 3.38. The second-order valence-corrected chi connectivity index (χ2v) is 6.66. The number of aliphatic hydroxyl groups excluding tert-OH is 1. The third-order valence-electron chi connectivity index (χ3n) is 4.19. The van der Waals surface area contributed by atoms with E-state index < -0.39 is 11.7 Å². The van der Waals surface area contributed by atoms with Crippen LogP contribution in [0.25, 0.3) is 22.1 Å². The molecule has 2 N–H and O–H groups in total. The quantitative estimate of drug-likeness (QED) is 0.468. The van der Waals surface area contributed by atoms with Gasteiger partial charge in [0.1, 0.15) is 11.3 Å². The maximum atomic E-state index is 12.1. The molecule has 3 rings (SSSR count). The maximum absolute atomic E-state index is 12.1. The summed E-state index contributed by atoms with van der Waals surface area (Å²) in [5, 5.41) is 12.4. The average Bonchev–Trinajstić information content (AvgIpc) is 2.69. The Morgan fingerprint density at radius 1 is 1.25 bits per heavy atom. The van der Waals surface area contributed by atoms with Crippen molar-refractivity contribution in [1.29, 1.82) is 0 Å². The van der Waals surface area contributed by atoms with E-state index in [-0.39, 0.29) is 18.3 Å². The van der Waals surface area contributed by atoms with Crippen LogP contribution in [0, 0.1) is 0 Å². The van der Waals surface area contributed by atoms with Gasteiger partial charge in [0.2, 0.25) is 0 Å². The Bertz CT molecular complexity index is 1030. The molecule has 1 atom stereocenters. The van der Waals surface area contributed by atoms with Gasteiger partial charge in [0, 0.05) is 30.7 Å². The van der Waals surface area contributed by atoms with Crippen LogP contribution in [-0.2, 0) is 4.79 Å². The highest BCUT2D eigenvalue weighted by molar-refractivity contribution is 6.33. The Balaban J connectivity index is 1.93. The Labute approximate surface area is 166 Å². The van der Waals surface area contributed by atoms with Crippen molar-refractivity contribution < 1.29 is 19.1 Å². The molecule has 146 valence electrons. The number of nitrogens with one attached hydrogen (secondary N) is 1. The average molecular weight is 402 g/mol. The normalized spacial score (nSPS) is 12.0. The van der Waals surface area contributed by atoms with Gasteiger partial charge >= 0.3 is 5.63 Å². The number of carbonyl (C=O) groups is 1. The van der Waals surface area contributed by atoms with Gasteiger partial charge in [-0.1, -0.05) is 41.9 Å². The lowest BCUT2D eigenvalue weighted by Crippen LogP contribution is -2.37. The van der Waals surface area contributed by atoms with Crippen molar-refractivity contribution in [2.24, 2.45) is 0 Å². The van der Waals surface area contributed by atoms with E-state index in [1.165, 1.54) is 12.1 Å². The summed E-state index contributed by atoms with van der Waals surface area (Å²) in [5.74, 6) is -0.0866. The van der Waals surface area contributed by atoms with Crippen LogP contribution in [-0.4, -0.2) is 30.3 Å². The molecule has 3 aromatic rings. The summed E-state index contributed by atoms with van der Waals surface area (Å²) in [4.78, 5) is 24.1. The third kappa shape index (κ3) is 4.52. The van der Waals surface area contributed by atoms with E-state index in [1.807, 2.05) is 30.3 Å². The smallest absolute Gasteiger partial charge is 0.336 e. The number of rotatable bonds is 7. The van der Waals surface area contributed by atoms with Crippen LogP contribution in [0.1, 0.15) is 13.3 Å². The van der Waals surface area contributed by atoms with Crippen LogP contribution in [0.3, 0.4) is 0 Å². The Kier molecular flexibility index (Phi) is 6.34. The van der Waals surface area contributed by atoms with Gasteiger partial charge in [0.25, 0.3) is 5.91 Å². The molecule has 1 unspecified atom stereocenters. The Morgan fingerprint density at radius 3 is 2.71 bits per heavy atom. The lowest BCUT2D eigenvalue weighted by molar-refractivity contribution is -0.127. The largest absolute Gasteiger partial charge is 0.479 e. The van der Waals surface area contributed by atoms with E-state index in [2.05, 4.69) is 5.32 Å². The summed E-state index contributed by atoms with van der Waals surface area (Å²) in [7, 11) is 0. The number of aliphatic hydroxyl groups is 1.